The lowest BCUT2D eigenvalue weighted by Gasteiger charge is -2.15. The van der Waals surface area contributed by atoms with E-state index < -0.39 is 33.5 Å². The number of ether oxygens (including phenoxy) is 1. The number of esters is 1. The fraction of sp³-hybridized carbons (Fsp3) is 0.188. The van der Waals surface area contributed by atoms with E-state index in [1.54, 1.807) is 0 Å². The molecule has 0 bridgehead atoms. The second-order valence-corrected chi connectivity index (χ2v) is 8.29. The second kappa shape index (κ2) is 7.37. The van der Waals surface area contributed by atoms with Crippen molar-refractivity contribution in [1.82, 2.24) is 4.31 Å². The lowest BCUT2D eigenvalue weighted by molar-refractivity contribution is -0.138. The van der Waals surface area contributed by atoms with Crippen molar-refractivity contribution in [3.8, 4) is 5.75 Å². The topological polar surface area (TPSA) is 63.7 Å². The zero-order valence-corrected chi connectivity index (χ0v) is 15.9. The van der Waals surface area contributed by atoms with Crippen molar-refractivity contribution in [2.24, 2.45) is 0 Å². The number of halogens is 4. The Morgan fingerprint density at radius 2 is 1.73 bits per heavy atom. The highest BCUT2D eigenvalue weighted by Gasteiger charge is 2.34. The van der Waals surface area contributed by atoms with Crippen LogP contribution in [0.2, 0.25) is 0 Å². The summed E-state index contributed by atoms with van der Waals surface area (Å²) in [5.74, 6) is -1.77. The summed E-state index contributed by atoms with van der Waals surface area (Å²) in [5, 5.41) is 0. The molecule has 0 N–H and O–H groups in total. The van der Waals surface area contributed by atoms with Crippen LogP contribution in [0.15, 0.2) is 51.8 Å². The number of alkyl halides is 3. The van der Waals surface area contributed by atoms with Gasteiger partial charge in [0, 0.05) is 18.6 Å². The van der Waals surface area contributed by atoms with Crippen molar-refractivity contribution in [1.29, 1.82) is 0 Å². The zero-order valence-electron chi connectivity index (χ0n) is 13.5. The molecule has 2 aromatic carbocycles. The average molecular weight is 452 g/mol. The highest BCUT2D eigenvalue weighted by molar-refractivity contribution is 9.10. The van der Waals surface area contributed by atoms with E-state index in [2.05, 4.69) is 15.9 Å². The van der Waals surface area contributed by atoms with Crippen molar-refractivity contribution in [3.05, 3.63) is 58.1 Å². The average Bonchev–Trinajstić information content (AvgIpc) is 2.54. The molecule has 0 aliphatic heterocycles. The van der Waals surface area contributed by atoms with Gasteiger partial charge in [-0.1, -0.05) is 12.1 Å². The molecule has 2 rings (SSSR count). The van der Waals surface area contributed by atoms with E-state index >= 15 is 0 Å². The Bertz CT molecular complexity index is 943. The number of benzene rings is 2. The van der Waals surface area contributed by atoms with Gasteiger partial charge in [0.05, 0.1) is 16.0 Å². The van der Waals surface area contributed by atoms with Crippen molar-refractivity contribution in [2.75, 3.05) is 14.1 Å². The van der Waals surface area contributed by atoms with Crippen molar-refractivity contribution >= 4 is 31.9 Å². The molecule has 0 heterocycles. The van der Waals surface area contributed by atoms with Crippen LogP contribution < -0.4 is 4.74 Å². The third-order valence-corrected chi connectivity index (χ3v) is 6.13. The van der Waals surface area contributed by atoms with Crippen molar-refractivity contribution in [2.45, 2.75) is 11.1 Å². The van der Waals surface area contributed by atoms with Gasteiger partial charge in [-0.05, 0) is 46.3 Å². The van der Waals surface area contributed by atoms with E-state index in [0.717, 1.165) is 22.5 Å². The standard InChI is InChI=1S/C16H13BrF3NO4S/c1-21(2)26(23,24)14-9-10(7-8-12(14)17)15(22)25-13-6-4-3-5-11(13)16(18,19)20/h3-9H,1-2H3. The number of carbonyl (C=O) groups excluding carboxylic acids is 1. The minimum Gasteiger partial charge on any atom is -0.422 e. The third kappa shape index (κ3) is 4.25. The molecule has 26 heavy (non-hydrogen) atoms. The van der Waals surface area contributed by atoms with Gasteiger partial charge in [0.15, 0.2) is 0 Å². The highest BCUT2D eigenvalue weighted by Crippen LogP contribution is 2.36. The number of sulfonamides is 1. The molecule has 10 heteroatoms. The predicted molar refractivity (Wildman–Crippen MR) is 91.4 cm³/mol. The molecule has 2 aromatic rings. The molecule has 0 unspecified atom stereocenters. The first kappa shape index (κ1) is 20.4. The maximum atomic E-state index is 13.0. The lowest BCUT2D eigenvalue weighted by atomic mass is 10.2. The first-order chi connectivity index (χ1) is 11.9. The van der Waals surface area contributed by atoms with E-state index in [1.165, 1.54) is 38.4 Å². The maximum Gasteiger partial charge on any atom is 0.419 e. The van der Waals surface area contributed by atoms with Crippen LogP contribution in [-0.4, -0.2) is 32.8 Å². The molecular formula is C16H13BrF3NO4S. The predicted octanol–water partition coefficient (Wildman–Crippen LogP) is 3.94. The molecule has 0 saturated heterocycles. The van der Waals surface area contributed by atoms with Gasteiger partial charge in [-0.2, -0.15) is 13.2 Å². The Hall–Kier alpha value is -1.91. The summed E-state index contributed by atoms with van der Waals surface area (Å²) < 4.78 is 69.5. The van der Waals surface area contributed by atoms with E-state index in [-0.39, 0.29) is 14.9 Å². The van der Waals surface area contributed by atoms with E-state index in [0.29, 0.717) is 0 Å². The molecule has 0 saturated carbocycles. The van der Waals surface area contributed by atoms with Crippen LogP contribution in [0.3, 0.4) is 0 Å². The van der Waals surface area contributed by atoms with E-state index in [9.17, 15) is 26.4 Å². The minimum atomic E-state index is -4.70. The van der Waals surface area contributed by atoms with E-state index in [4.69, 9.17) is 4.74 Å². The smallest absolute Gasteiger partial charge is 0.419 e. The molecule has 0 aliphatic carbocycles. The Labute approximate surface area is 156 Å². The first-order valence-electron chi connectivity index (χ1n) is 7.05. The molecule has 0 fully saturated rings. The molecule has 0 amide bonds. The van der Waals surface area contributed by atoms with Crippen molar-refractivity contribution in [3.63, 3.8) is 0 Å². The number of hydrogen-bond donors (Lipinski definition) is 0. The van der Waals surface area contributed by atoms with Gasteiger partial charge in [-0.3, -0.25) is 0 Å². The second-order valence-electron chi connectivity index (χ2n) is 5.32. The van der Waals surface area contributed by atoms with Crippen LogP contribution >= 0.6 is 15.9 Å². The monoisotopic (exact) mass is 451 g/mol. The quantitative estimate of drug-likeness (QED) is 0.521. The Balaban J connectivity index is 2.42. The van der Waals surface area contributed by atoms with Gasteiger partial charge in [-0.15, -0.1) is 0 Å². The molecule has 0 aromatic heterocycles. The summed E-state index contributed by atoms with van der Waals surface area (Å²) >= 11 is 3.08. The number of carbonyl (C=O) groups is 1. The third-order valence-electron chi connectivity index (χ3n) is 3.32. The molecule has 0 atom stereocenters. The van der Waals surface area contributed by atoms with Gasteiger partial charge in [0.2, 0.25) is 10.0 Å². The number of rotatable bonds is 4. The number of hydrogen-bond acceptors (Lipinski definition) is 4. The Morgan fingerprint density at radius 1 is 1.12 bits per heavy atom. The normalized spacial score (nSPS) is 12.3. The molecule has 0 aliphatic rings. The molecule has 140 valence electrons. The Morgan fingerprint density at radius 3 is 2.31 bits per heavy atom. The lowest BCUT2D eigenvalue weighted by Crippen LogP contribution is -2.23. The Kier molecular flexibility index (Phi) is 5.79. The summed E-state index contributed by atoms with van der Waals surface area (Å²) in [6.45, 7) is 0. The molecule has 0 spiro atoms. The maximum absolute atomic E-state index is 13.0. The van der Waals surface area contributed by atoms with Crippen LogP contribution in [0.1, 0.15) is 15.9 Å². The van der Waals surface area contributed by atoms with Crippen LogP contribution in [-0.2, 0) is 16.2 Å². The van der Waals surface area contributed by atoms with Gasteiger partial charge in [0.25, 0.3) is 0 Å². The summed E-state index contributed by atoms with van der Waals surface area (Å²) in [6.07, 6.45) is -4.70. The number of nitrogens with zero attached hydrogens (tertiary/aromatic N) is 1. The van der Waals surface area contributed by atoms with E-state index in [1.807, 2.05) is 0 Å². The SMILES string of the molecule is CN(C)S(=O)(=O)c1cc(C(=O)Oc2ccccc2C(F)(F)F)ccc1Br. The summed E-state index contributed by atoms with van der Waals surface area (Å²) in [7, 11) is -1.25. The van der Waals surface area contributed by atoms with Crippen LogP contribution in [0.4, 0.5) is 13.2 Å². The van der Waals surface area contributed by atoms with Gasteiger partial charge in [0.1, 0.15) is 5.75 Å². The molecule has 5 nitrogen and oxygen atoms in total. The molecular weight excluding hydrogens is 439 g/mol. The van der Waals surface area contributed by atoms with Crippen molar-refractivity contribution < 1.29 is 31.1 Å². The van der Waals surface area contributed by atoms with Gasteiger partial charge < -0.3 is 4.74 Å². The minimum absolute atomic E-state index is 0.203. The van der Waals surface area contributed by atoms with Gasteiger partial charge in [-0.25, -0.2) is 17.5 Å². The van der Waals surface area contributed by atoms with Gasteiger partial charge >= 0.3 is 12.1 Å². The summed E-state index contributed by atoms with van der Waals surface area (Å²) in [4.78, 5) is 12.0. The highest BCUT2D eigenvalue weighted by atomic mass is 79.9. The van der Waals surface area contributed by atoms with Crippen LogP contribution in [0, 0.1) is 0 Å². The fourth-order valence-electron chi connectivity index (χ4n) is 1.97. The van der Waals surface area contributed by atoms with Crippen LogP contribution in [0.5, 0.6) is 5.75 Å². The van der Waals surface area contributed by atoms with Crippen LogP contribution in [0.25, 0.3) is 0 Å². The fourth-order valence-corrected chi connectivity index (χ4v) is 3.82. The number of para-hydroxylation sites is 1. The summed E-state index contributed by atoms with van der Waals surface area (Å²) in [6, 6.07) is 7.85. The first-order valence-corrected chi connectivity index (χ1v) is 9.28. The summed E-state index contributed by atoms with van der Waals surface area (Å²) in [5.41, 5.74) is -1.31. The zero-order chi connectivity index (χ0) is 19.7. The largest absolute Gasteiger partial charge is 0.422 e. The molecule has 0 radical (unpaired) electrons.